The molecule has 7 heteroatoms. The monoisotopic (exact) mass is 277 g/mol. The number of hydrazine groups is 1. The highest BCUT2D eigenvalue weighted by Crippen LogP contribution is 2.19. The zero-order valence-corrected chi connectivity index (χ0v) is 10.9. The maximum Gasteiger partial charge on any atom is 0.279 e. The average Bonchev–Trinajstić information content (AvgIpc) is 2.47. The molecule has 0 fully saturated rings. The van der Waals surface area contributed by atoms with Crippen LogP contribution in [-0.4, -0.2) is 22.9 Å². The van der Waals surface area contributed by atoms with E-state index in [1.54, 1.807) is 43.6 Å². The topological polar surface area (TPSA) is 84.1 Å². The highest BCUT2D eigenvalue weighted by molar-refractivity contribution is 6.34. The lowest BCUT2D eigenvalue weighted by molar-refractivity contribution is 0.0988. The summed E-state index contributed by atoms with van der Waals surface area (Å²) in [6.07, 6.45) is 1.60. The lowest BCUT2D eigenvalue weighted by atomic mass is 10.3. The Labute approximate surface area is 115 Å². The van der Waals surface area contributed by atoms with Gasteiger partial charge in [-0.25, -0.2) is 15.8 Å². The summed E-state index contributed by atoms with van der Waals surface area (Å²) in [6, 6.07) is 8.42. The molecular formula is C12H12ClN5O. The van der Waals surface area contributed by atoms with Crippen molar-refractivity contribution < 1.29 is 4.79 Å². The van der Waals surface area contributed by atoms with Crippen molar-refractivity contribution in [2.75, 3.05) is 17.4 Å². The minimum absolute atomic E-state index is 0.116. The second kappa shape index (κ2) is 5.64. The summed E-state index contributed by atoms with van der Waals surface area (Å²) in [6.45, 7) is 0. The van der Waals surface area contributed by atoms with Crippen LogP contribution in [0.4, 0.5) is 11.6 Å². The molecule has 6 nitrogen and oxygen atoms in total. The number of carbonyl (C=O) groups is 1. The first-order valence-corrected chi connectivity index (χ1v) is 5.83. The van der Waals surface area contributed by atoms with Crippen molar-refractivity contribution in [3.63, 3.8) is 0 Å². The second-order valence-corrected chi connectivity index (χ2v) is 4.13. The molecule has 0 atom stereocenters. The van der Waals surface area contributed by atoms with Crippen LogP contribution in [0.1, 0.15) is 10.5 Å². The Kier molecular flexibility index (Phi) is 3.94. The van der Waals surface area contributed by atoms with Crippen molar-refractivity contribution >= 4 is 29.1 Å². The second-order valence-electron chi connectivity index (χ2n) is 3.72. The van der Waals surface area contributed by atoms with E-state index < -0.39 is 0 Å². The zero-order valence-electron chi connectivity index (χ0n) is 10.2. The minimum atomic E-state index is -0.360. The number of anilines is 2. The molecule has 0 saturated heterocycles. The number of amides is 1. The van der Waals surface area contributed by atoms with E-state index >= 15 is 0 Å². The molecule has 0 aromatic carbocycles. The van der Waals surface area contributed by atoms with Crippen LogP contribution in [0.3, 0.4) is 0 Å². The van der Waals surface area contributed by atoms with Crippen LogP contribution in [0.5, 0.6) is 0 Å². The van der Waals surface area contributed by atoms with E-state index in [1.807, 2.05) is 0 Å². The predicted octanol–water partition coefficient (Wildman–Crippen LogP) is 1.69. The zero-order chi connectivity index (χ0) is 13.8. The molecule has 2 aromatic heterocycles. The molecule has 0 saturated carbocycles. The standard InChI is InChI=1S/C12H12ClN5O/c1-18(10-4-2-3-7-15-10)12(19)11-8(13)5-6-9(16-11)17-14/h2-7H,14H2,1H3,(H,16,17). The molecule has 0 aliphatic rings. The van der Waals surface area contributed by atoms with Crippen molar-refractivity contribution in [1.82, 2.24) is 9.97 Å². The van der Waals surface area contributed by atoms with Gasteiger partial charge in [0, 0.05) is 13.2 Å². The number of nitrogens with zero attached hydrogens (tertiary/aromatic N) is 3. The third-order valence-electron chi connectivity index (χ3n) is 2.49. The number of pyridine rings is 2. The van der Waals surface area contributed by atoms with Crippen molar-refractivity contribution in [2.24, 2.45) is 5.84 Å². The number of halogens is 1. The Morgan fingerprint density at radius 2 is 2.16 bits per heavy atom. The van der Waals surface area contributed by atoms with E-state index in [9.17, 15) is 4.79 Å². The number of hydrogen-bond donors (Lipinski definition) is 2. The van der Waals surface area contributed by atoms with Gasteiger partial charge < -0.3 is 5.43 Å². The molecule has 2 aromatic rings. The fraction of sp³-hybridized carbons (Fsp3) is 0.0833. The van der Waals surface area contributed by atoms with E-state index in [0.717, 1.165) is 0 Å². The highest BCUT2D eigenvalue weighted by atomic mass is 35.5. The molecule has 19 heavy (non-hydrogen) atoms. The third-order valence-corrected chi connectivity index (χ3v) is 2.80. The fourth-order valence-electron chi connectivity index (χ4n) is 1.49. The molecule has 0 spiro atoms. The molecule has 0 radical (unpaired) electrons. The van der Waals surface area contributed by atoms with Gasteiger partial charge in [-0.3, -0.25) is 9.69 Å². The van der Waals surface area contributed by atoms with Crippen molar-refractivity contribution in [3.05, 3.63) is 47.2 Å². The molecule has 2 heterocycles. The molecule has 1 amide bonds. The van der Waals surface area contributed by atoms with Crippen LogP contribution >= 0.6 is 11.6 Å². The molecule has 0 aliphatic carbocycles. The molecule has 3 N–H and O–H groups in total. The average molecular weight is 278 g/mol. The largest absolute Gasteiger partial charge is 0.308 e. The van der Waals surface area contributed by atoms with Crippen LogP contribution in [0.25, 0.3) is 0 Å². The maximum atomic E-state index is 12.3. The summed E-state index contributed by atoms with van der Waals surface area (Å²) in [5, 5.41) is 0.256. The van der Waals surface area contributed by atoms with Crippen LogP contribution < -0.4 is 16.2 Å². The van der Waals surface area contributed by atoms with E-state index in [1.165, 1.54) is 4.90 Å². The van der Waals surface area contributed by atoms with Crippen LogP contribution in [0.2, 0.25) is 5.02 Å². The molecular weight excluding hydrogens is 266 g/mol. The van der Waals surface area contributed by atoms with Gasteiger partial charge in [0.15, 0.2) is 0 Å². The van der Waals surface area contributed by atoms with Gasteiger partial charge in [-0.15, -0.1) is 0 Å². The molecule has 0 bridgehead atoms. The van der Waals surface area contributed by atoms with Gasteiger partial charge in [-0.05, 0) is 24.3 Å². The Morgan fingerprint density at radius 3 is 2.79 bits per heavy atom. The SMILES string of the molecule is CN(C(=O)c1nc(NN)ccc1Cl)c1ccccn1. The highest BCUT2D eigenvalue weighted by Gasteiger charge is 2.19. The summed E-state index contributed by atoms with van der Waals surface area (Å²) in [5.74, 6) is 5.78. The molecule has 2 rings (SSSR count). The van der Waals surface area contributed by atoms with Gasteiger partial charge in [-0.2, -0.15) is 0 Å². The summed E-state index contributed by atoms with van der Waals surface area (Å²) in [4.78, 5) is 21.8. The van der Waals surface area contributed by atoms with Crippen LogP contribution in [0, 0.1) is 0 Å². The number of aromatic nitrogens is 2. The van der Waals surface area contributed by atoms with Gasteiger partial charge in [0.2, 0.25) is 0 Å². The van der Waals surface area contributed by atoms with Gasteiger partial charge >= 0.3 is 0 Å². The number of nitrogens with two attached hydrogens (primary N) is 1. The van der Waals surface area contributed by atoms with Crippen LogP contribution in [0.15, 0.2) is 36.5 Å². The molecule has 0 aliphatic heterocycles. The number of rotatable bonds is 3. The van der Waals surface area contributed by atoms with Crippen LogP contribution in [-0.2, 0) is 0 Å². The Morgan fingerprint density at radius 1 is 1.37 bits per heavy atom. The van der Waals surface area contributed by atoms with Gasteiger partial charge in [0.1, 0.15) is 17.3 Å². The number of carbonyl (C=O) groups excluding carboxylic acids is 1. The van der Waals surface area contributed by atoms with E-state index in [-0.39, 0.29) is 16.6 Å². The van der Waals surface area contributed by atoms with E-state index in [2.05, 4.69) is 15.4 Å². The number of nitrogen functional groups attached to an aromatic ring is 1. The first-order valence-electron chi connectivity index (χ1n) is 5.45. The lowest BCUT2D eigenvalue weighted by Gasteiger charge is -2.16. The van der Waals surface area contributed by atoms with E-state index in [4.69, 9.17) is 17.4 Å². The lowest BCUT2D eigenvalue weighted by Crippen LogP contribution is -2.28. The summed E-state index contributed by atoms with van der Waals surface area (Å²) >= 11 is 5.98. The maximum absolute atomic E-state index is 12.3. The van der Waals surface area contributed by atoms with Gasteiger partial charge in [-0.1, -0.05) is 17.7 Å². The summed E-state index contributed by atoms with van der Waals surface area (Å²) < 4.78 is 0. The quantitative estimate of drug-likeness (QED) is 0.659. The number of nitrogens with one attached hydrogen (secondary N) is 1. The van der Waals surface area contributed by atoms with Crippen molar-refractivity contribution in [2.45, 2.75) is 0 Å². The number of hydrogen-bond acceptors (Lipinski definition) is 5. The Balaban J connectivity index is 2.34. The van der Waals surface area contributed by atoms with Crippen molar-refractivity contribution in [1.29, 1.82) is 0 Å². The third kappa shape index (κ3) is 2.81. The first-order chi connectivity index (χ1) is 9.13. The van der Waals surface area contributed by atoms with Gasteiger partial charge in [0.05, 0.1) is 5.02 Å². The fourth-order valence-corrected chi connectivity index (χ4v) is 1.67. The van der Waals surface area contributed by atoms with E-state index in [0.29, 0.717) is 11.6 Å². The Bertz CT molecular complexity index is 590. The van der Waals surface area contributed by atoms with Gasteiger partial charge in [0.25, 0.3) is 5.91 Å². The minimum Gasteiger partial charge on any atom is -0.308 e. The predicted molar refractivity (Wildman–Crippen MR) is 74.0 cm³/mol. The smallest absolute Gasteiger partial charge is 0.279 e. The molecule has 98 valence electrons. The molecule has 0 unspecified atom stereocenters. The van der Waals surface area contributed by atoms with Crippen molar-refractivity contribution in [3.8, 4) is 0 Å². The summed E-state index contributed by atoms with van der Waals surface area (Å²) in [7, 11) is 1.60. The Hall–Kier alpha value is -2.18. The normalized spacial score (nSPS) is 10.1. The first kappa shape index (κ1) is 13.3. The summed E-state index contributed by atoms with van der Waals surface area (Å²) in [5.41, 5.74) is 2.49.